The van der Waals surface area contributed by atoms with Gasteiger partial charge >= 0.3 is 0 Å². The smallest absolute Gasteiger partial charge is 0.231 e. The Balaban J connectivity index is 0.00000160. The summed E-state index contributed by atoms with van der Waals surface area (Å²) in [5.41, 5.74) is 3.27. The number of carbonyl (C=O) groups excluding carboxylic acids is 1. The fourth-order valence-corrected chi connectivity index (χ4v) is 3.83. The molecule has 0 spiro atoms. The van der Waals surface area contributed by atoms with E-state index >= 15 is 0 Å². The van der Waals surface area contributed by atoms with Gasteiger partial charge in [-0.15, -0.1) is 24.8 Å². The lowest BCUT2D eigenvalue weighted by atomic mass is 10.0. The molecule has 5 nitrogen and oxygen atoms in total. The summed E-state index contributed by atoms with van der Waals surface area (Å²) in [7, 11) is 0. The second kappa shape index (κ2) is 10.3. The van der Waals surface area contributed by atoms with E-state index in [-0.39, 0.29) is 36.3 Å². The third-order valence-electron chi connectivity index (χ3n) is 5.69. The van der Waals surface area contributed by atoms with Crippen LogP contribution in [0.5, 0.6) is 11.5 Å². The molecule has 2 aliphatic heterocycles. The van der Waals surface area contributed by atoms with Crippen molar-refractivity contribution >= 4 is 36.7 Å². The number of aryl methyl sites for hydroxylation is 1. The molecule has 7 heteroatoms. The van der Waals surface area contributed by atoms with E-state index in [4.69, 9.17) is 4.74 Å². The second-order valence-electron chi connectivity index (χ2n) is 7.45. The number of halogens is 2. The van der Waals surface area contributed by atoms with Crippen LogP contribution in [-0.4, -0.2) is 53.4 Å². The number of fused-ring (bicyclic) bond motifs is 1. The molecule has 2 aromatic rings. The molecular formula is C23H28Cl2N2O3. The van der Waals surface area contributed by atoms with Crippen LogP contribution in [0.4, 0.5) is 0 Å². The van der Waals surface area contributed by atoms with Gasteiger partial charge in [0.2, 0.25) is 5.78 Å². The van der Waals surface area contributed by atoms with Crippen LogP contribution in [0.2, 0.25) is 0 Å². The maximum absolute atomic E-state index is 12.9. The molecule has 1 saturated heterocycles. The van der Waals surface area contributed by atoms with E-state index in [0.29, 0.717) is 29.2 Å². The molecule has 0 aromatic heterocycles. The SMILES string of the molecule is CCN1CCN(Cc2c(O)ccc3c2O/C(=C\c2ccccc2C)C3=O)CC1.Cl.Cl. The number of allylic oxidation sites excluding steroid dienone is 1. The number of Topliss-reactive ketones (excluding diaryl/α,β-unsaturated/α-hetero) is 1. The first kappa shape index (κ1) is 24.2. The number of piperazine rings is 1. The number of ether oxygens (including phenoxy) is 1. The fraction of sp³-hybridized carbons (Fsp3) is 0.348. The molecule has 2 aromatic carbocycles. The average molecular weight is 451 g/mol. The van der Waals surface area contributed by atoms with Crippen LogP contribution >= 0.6 is 24.8 Å². The molecule has 0 saturated carbocycles. The maximum Gasteiger partial charge on any atom is 0.231 e. The normalized spacial score (nSPS) is 17.8. The number of ketones is 1. The van der Waals surface area contributed by atoms with Crippen molar-refractivity contribution in [2.75, 3.05) is 32.7 Å². The number of phenols is 1. The van der Waals surface area contributed by atoms with Crippen molar-refractivity contribution in [2.24, 2.45) is 0 Å². The minimum absolute atomic E-state index is 0. The van der Waals surface area contributed by atoms with Crippen LogP contribution in [0.25, 0.3) is 6.08 Å². The molecule has 1 N–H and O–H groups in total. The average Bonchev–Trinajstić information content (AvgIpc) is 3.02. The Morgan fingerprint density at radius 2 is 1.70 bits per heavy atom. The first-order chi connectivity index (χ1) is 13.6. The molecular weight excluding hydrogens is 423 g/mol. The number of aromatic hydroxyl groups is 1. The summed E-state index contributed by atoms with van der Waals surface area (Å²) in [4.78, 5) is 17.6. The first-order valence-electron chi connectivity index (χ1n) is 9.86. The standard InChI is InChI=1S/C23H26N2O3.2ClH/c1-3-24-10-12-25(13-11-24)15-19-20(26)9-8-18-22(27)21(28-23(18)19)14-17-7-5-4-6-16(17)2;;/h4-9,14,26H,3,10-13,15H2,1-2H3;2*1H/b21-14-;;. The van der Waals surface area contributed by atoms with E-state index in [2.05, 4.69) is 16.7 Å². The van der Waals surface area contributed by atoms with Crippen LogP contribution in [0, 0.1) is 6.92 Å². The number of hydrogen-bond acceptors (Lipinski definition) is 5. The first-order valence-corrected chi connectivity index (χ1v) is 9.86. The summed E-state index contributed by atoms with van der Waals surface area (Å²) < 4.78 is 5.99. The van der Waals surface area contributed by atoms with Crippen LogP contribution in [0.3, 0.4) is 0 Å². The van der Waals surface area contributed by atoms with Gasteiger partial charge in [-0.1, -0.05) is 31.2 Å². The number of benzene rings is 2. The Kier molecular flexibility index (Phi) is 8.33. The van der Waals surface area contributed by atoms with Gasteiger partial charge in [0.25, 0.3) is 0 Å². The molecule has 0 bridgehead atoms. The predicted octanol–water partition coefficient (Wildman–Crippen LogP) is 4.30. The Morgan fingerprint density at radius 1 is 1.03 bits per heavy atom. The third kappa shape index (κ3) is 4.81. The molecule has 2 heterocycles. The van der Waals surface area contributed by atoms with Crippen LogP contribution in [-0.2, 0) is 6.54 Å². The maximum atomic E-state index is 12.9. The van der Waals surface area contributed by atoms with Gasteiger partial charge in [-0.3, -0.25) is 9.69 Å². The lowest BCUT2D eigenvalue weighted by Crippen LogP contribution is -2.45. The lowest BCUT2D eigenvalue weighted by Gasteiger charge is -2.34. The van der Waals surface area contributed by atoms with E-state index in [1.807, 2.05) is 31.2 Å². The number of phenolic OH excluding ortho intramolecular Hbond substituents is 1. The van der Waals surface area contributed by atoms with Gasteiger partial charge in [-0.2, -0.15) is 0 Å². The number of nitrogens with zero attached hydrogens (tertiary/aromatic N) is 2. The zero-order chi connectivity index (χ0) is 19.7. The Bertz CT molecular complexity index is 938. The quantitative estimate of drug-likeness (QED) is 0.703. The molecule has 2 aliphatic rings. The molecule has 0 amide bonds. The second-order valence-corrected chi connectivity index (χ2v) is 7.45. The van der Waals surface area contributed by atoms with E-state index < -0.39 is 0 Å². The van der Waals surface area contributed by atoms with Gasteiger partial charge in [0.15, 0.2) is 5.76 Å². The van der Waals surface area contributed by atoms with Crippen molar-refractivity contribution in [3.63, 3.8) is 0 Å². The summed E-state index contributed by atoms with van der Waals surface area (Å²) in [6.07, 6.45) is 1.79. The fourth-order valence-electron chi connectivity index (χ4n) is 3.83. The molecule has 30 heavy (non-hydrogen) atoms. The highest BCUT2D eigenvalue weighted by Gasteiger charge is 2.32. The highest BCUT2D eigenvalue weighted by Crippen LogP contribution is 2.40. The van der Waals surface area contributed by atoms with Crippen molar-refractivity contribution in [3.05, 3.63) is 64.4 Å². The highest BCUT2D eigenvalue weighted by molar-refractivity contribution is 6.15. The molecule has 0 atom stereocenters. The van der Waals surface area contributed by atoms with Gasteiger partial charge in [0, 0.05) is 32.7 Å². The third-order valence-corrected chi connectivity index (χ3v) is 5.69. The van der Waals surface area contributed by atoms with E-state index in [9.17, 15) is 9.90 Å². The highest BCUT2D eigenvalue weighted by atomic mass is 35.5. The molecule has 0 aliphatic carbocycles. The number of carbonyl (C=O) groups is 1. The summed E-state index contributed by atoms with van der Waals surface area (Å²) >= 11 is 0. The van der Waals surface area contributed by atoms with E-state index in [1.165, 1.54) is 0 Å². The van der Waals surface area contributed by atoms with Crippen LogP contribution in [0.15, 0.2) is 42.2 Å². The van der Waals surface area contributed by atoms with Crippen molar-refractivity contribution < 1.29 is 14.6 Å². The summed E-state index contributed by atoms with van der Waals surface area (Å²) in [5, 5.41) is 10.5. The van der Waals surface area contributed by atoms with Gasteiger partial charge in [0.1, 0.15) is 11.5 Å². The zero-order valence-electron chi connectivity index (χ0n) is 17.3. The monoisotopic (exact) mass is 450 g/mol. The summed E-state index contributed by atoms with van der Waals surface area (Å²) in [6, 6.07) is 11.1. The summed E-state index contributed by atoms with van der Waals surface area (Å²) in [6.45, 7) is 9.74. The van der Waals surface area contributed by atoms with Crippen molar-refractivity contribution in [2.45, 2.75) is 20.4 Å². The topological polar surface area (TPSA) is 53.0 Å². The van der Waals surface area contributed by atoms with E-state index in [1.54, 1.807) is 18.2 Å². The molecule has 1 fully saturated rings. The summed E-state index contributed by atoms with van der Waals surface area (Å²) in [5.74, 6) is 0.867. The Hall–Kier alpha value is -2.05. The van der Waals surface area contributed by atoms with Crippen LogP contribution in [0.1, 0.15) is 34.0 Å². The number of rotatable bonds is 4. The molecule has 0 radical (unpaired) electrons. The van der Waals surface area contributed by atoms with Gasteiger partial charge in [-0.05, 0) is 42.8 Å². The van der Waals surface area contributed by atoms with Crippen molar-refractivity contribution in [3.8, 4) is 11.5 Å². The largest absolute Gasteiger partial charge is 0.507 e. The number of hydrogen-bond donors (Lipinski definition) is 1. The van der Waals surface area contributed by atoms with E-state index in [0.717, 1.165) is 43.9 Å². The van der Waals surface area contributed by atoms with Gasteiger partial charge < -0.3 is 14.7 Å². The van der Waals surface area contributed by atoms with Crippen LogP contribution < -0.4 is 4.74 Å². The minimum Gasteiger partial charge on any atom is -0.507 e. The minimum atomic E-state index is -0.129. The lowest BCUT2D eigenvalue weighted by molar-refractivity contribution is 0.101. The van der Waals surface area contributed by atoms with Crippen molar-refractivity contribution in [1.82, 2.24) is 9.80 Å². The number of likely N-dealkylation sites (N-methyl/N-ethyl adjacent to an activating group) is 1. The Morgan fingerprint density at radius 3 is 2.37 bits per heavy atom. The zero-order valence-corrected chi connectivity index (χ0v) is 18.9. The molecule has 0 unspecified atom stereocenters. The van der Waals surface area contributed by atoms with Gasteiger partial charge in [-0.25, -0.2) is 0 Å². The van der Waals surface area contributed by atoms with Gasteiger partial charge in [0.05, 0.1) is 11.1 Å². The Labute approximate surface area is 190 Å². The molecule has 4 rings (SSSR count). The predicted molar refractivity (Wildman–Crippen MR) is 124 cm³/mol. The molecule has 162 valence electrons. The van der Waals surface area contributed by atoms with Crippen molar-refractivity contribution in [1.29, 1.82) is 0 Å².